The third kappa shape index (κ3) is 5.29. The minimum absolute atomic E-state index is 0.108. The summed E-state index contributed by atoms with van der Waals surface area (Å²) in [5, 5.41) is -0.147. The Labute approximate surface area is 164 Å². The van der Waals surface area contributed by atoms with Gasteiger partial charge >= 0.3 is 0 Å². The summed E-state index contributed by atoms with van der Waals surface area (Å²) in [5.41, 5.74) is -1.17. The molecular formula is C18H24ClFN2O4S. The van der Waals surface area contributed by atoms with Crippen molar-refractivity contribution in [3.8, 4) is 0 Å². The lowest BCUT2D eigenvalue weighted by Crippen LogP contribution is -2.48. The Hall–Kier alpha value is -1.93. The van der Waals surface area contributed by atoms with E-state index >= 15 is 0 Å². The number of carbonyl (C=O) groups is 2. The fourth-order valence-corrected chi connectivity index (χ4v) is 3.61. The molecule has 9 heteroatoms. The second-order valence-corrected chi connectivity index (χ2v) is 8.46. The van der Waals surface area contributed by atoms with Crippen LogP contribution < -0.4 is 4.72 Å². The molecule has 0 saturated heterocycles. The number of hydrogen-bond acceptors (Lipinski definition) is 4. The highest BCUT2D eigenvalue weighted by Gasteiger charge is 2.34. The van der Waals surface area contributed by atoms with Crippen LogP contribution in [0.1, 0.15) is 53.8 Å². The zero-order valence-electron chi connectivity index (χ0n) is 15.8. The number of hydrogen-bond donors (Lipinski definition) is 1. The van der Waals surface area contributed by atoms with Gasteiger partial charge in [0.15, 0.2) is 0 Å². The summed E-state index contributed by atoms with van der Waals surface area (Å²) < 4.78 is 38.4. The molecule has 0 aliphatic carbocycles. The normalized spacial score (nSPS) is 11.8. The van der Waals surface area contributed by atoms with Crippen LogP contribution in [-0.4, -0.2) is 44.0 Å². The third-order valence-corrected chi connectivity index (χ3v) is 5.54. The van der Waals surface area contributed by atoms with Crippen molar-refractivity contribution in [1.29, 1.82) is 0 Å². The van der Waals surface area contributed by atoms with Crippen molar-refractivity contribution in [3.05, 3.63) is 46.8 Å². The molecule has 0 unspecified atom stereocenters. The summed E-state index contributed by atoms with van der Waals surface area (Å²) in [6, 6.07) is 1.80. The molecule has 0 saturated carbocycles. The summed E-state index contributed by atoms with van der Waals surface area (Å²) in [4.78, 5) is 26.3. The molecule has 1 rings (SSSR count). The van der Waals surface area contributed by atoms with E-state index < -0.39 is 38.8 Å². The second-order valence-electron chi connectivity index (χ2n) is 6.30. The predicted molar refractivity (Wildman–Crippen MR) is 104 cm³/mol. The van der Waals surface area contributed by atoms with Gasteiger partial charge in [-0.15, -0.1) is 6.58 Å². The minimum atomic E-state index is -3.87. The third-order valence-electron chi connectivity index (χ3n) is 4.67. The maximum atomic E-state index is 14.4. The van der Waals surface area contributed by atoms with Gasteiger partial charge in [-0.3, -0.25) is 9.59 Å². The zero-order chi connectivity index (χ0) is 21.0. The molecule has 0 bridgehead atoms. The Bertz CT molecular complexity index is 851. The first-order valence-corrected chi connectivity index (χ1v) is 10.6. The SMILES string of the molecule is C=CCC(CC)(CC)N(C)C(=O)c1cc(F)c(C(=O)NS(C)(=O)=O)cc1Cl. The van der Waals surface area contributed by atoms with Gasteiger partial charge in [-0.2, -0.15) is 0 Å². The first-order valence-electron chi connectivity index (χ1n) is 8.32. The van der Waals surface area contributed by atoms with Gasteiger partial charge in [-0.1, -0.05) is 31.5 Å². The van der Waals surface area contributed by atoms with Gasteiger partial charge in [0, 0.05) is 12.6 Å². The topological polar surface area (TPSA) is 83.6 Å². The Morgan fingerprint density at radius 3 is 2.30 bits per heavy atom. The average molecular weight is 419 g/mol. The first-order chi connectivity index (χ1) is 12.4. The van der Waals surface area contributed by atoms with E-state index in [1.54, 1.807) is 17.8 Å². The lowest BCUT2D eigenvalue weighted by molar-refractivity contribution is 0.0537. The average Bonchev–Trinajstić information content (AvgIpc) is 2.58. The van der Waals surface area contributed by atoms with E-state index in [0.717, 1.165) is 18.4 Å². The summed E-state index contributed by atoms with van der Waals surface area (Å²) in [6.07, 6.45) is 4.36. The monoisotopic (exact) mass is 418 g/mol. The van der Waals surface area contributed by atoms with Crippen LogP contribution in [0.3, 0.4) is 0 Å². The summed E-state index contributed by atoms with van der Waals surface area (Å²) >= 11 is 6.11. The Balaban J connectivity index is 3.32. The van der Waals surface area contributed by atoms with Gasteiger partial charge in [-0.05, 0) is 31.4 Å². The van der Waals surface area contributed by atoms with Crippen molar-refractivity contribution >= 4 is 33.4 Å². The summed E-state index contributed by atoms with van der Waals surface area (Å²) in [6.45, 7) is 7.61. The van der Waals surface area contributed by atoms with Gasteiger partial charge in [0.05, 0.1) is 22.4 Å². The van der Waals surface area contributed by atoms with Gasteiger partial charge in [0.25, 0.3) is 11.8 Å². The van der Waals surface area contributed by atoms with Gasteiger partial charge in [0.1, 0.15) is 5.82 Å². The van der Waals surface area contributed by atoms with Gasteiger partial charge in [-0.25, -0.2) is 17.5 Å². The smallest absolute Gasteiger partial charge is 0.267 e. The van der Waals surface area contributed by atoms with Crippen LogP contribution >= 0.6 is 11.6 Å². The molecule has 0 fully saturated rings. The molecule has 1 aromatic rings. The van der Waals surface area contributed by atoms with Crippen molar-refractivity contribution in [2.24, 2.45) is 0 Å². The van der Waals surface area contributed by atoms with Gasteiger partial charge < -0.3 is 4.90 Å². The second kappa shape index (κ2) is 8.84. The number of halogens is 2. The van der Waals surface area contributed by atoms with Crippen molar-refractivity contribution in [1.82, 2.24) is 9.62 Å². The standard InChI is InChI=1S/C18H24ClFN2O4S/c1-6-9-18(7-2,8-3)22(4)17(24)12-11-15(20)13(10-14(12)19)16(23)21-27(5,25)26/h6,10-11H,1,7-9H2,2-5H3,(H,21,23). The number of benzene rings is 1. The van der Waals surface area contributed by atoms with Crippen molar-refractivity contribution in [3.63, 3.8) is 0 Å². The van der Waals surface area contributed by atoms with Crippen molar-refractivity contribution < 1.29 is 22.4 Å². The Morgan fingerprint density at radius 1 is 1.30 bits per heavy atom. The summed E-state index contributed by atoms with van der Waals surface area (Å²) in [7, 11) is -2.26. The van der Waals surface area contributed by atoms with E-state index in [9.17, 15) is 22.4 Å². The number of rotatable bonds is 8. The number of carbonyl (C=O) groups excluding carboxylic acids is 2. The number of nitrogens with one attached hydrogen (secondary N) is 1. The van der Waals surface area contributed by atoms with E-state index in [-0.39, 0.29) is 10.6 Å². The van der Waals surface area contributed by atoms with Crippen LogP contribution in [0, 0.1) is 5.82 Å². The van der Waals surface area contributed by atoms with E-state index in [4.69, 9.17) is 11.6 Å². The molecule has 0 heterocycles. The molecule has 0 aromatic heterocycles. The molecule has 0 aliphatic rings. The molecule has 1 N–H and O–H groups in total. The first kappa shape index (κ1) is 23.1. The number of nitrogens with zero attached hydrogens (tertiary/aromatic N) is 1. The largest absolute Gasteiger partial charge is 0.336 e. The van der Waals surface area contributed by atoms with Crippen LogP contribution in [-0.2, 0) is 10.0 Å². The maximum Gasteiger partial charge on any atom is 0.267 e. The van der Waals surface area contributed by atoms with Crippen LogP contribution in [0.2, 0.25) is 5.02 Å². The zero-order valence-corrected chi connectivity index (χ0v) is 17.4. The van der Waals surface area contributed by atoms with Crippen LogP contribution in [0.15, 0.2) is 24.8 Å². The highest BCUT2D eigenvalue weighted by molar-refractivity contribution is 7.89. The quantitative estimate of drug-likeness (QED) is 0.656. The van der Waals surface area contributed by atoms with E-state index in [0.29, 0.717) is 19.3 Å². The predicted octanol–water partition coefficient (Wildman–Crippen LogP) is 3.38. The lowest BCUT2D eigenvalue weighted by Gasteiger charge is -2.40. The molecule has 0 aliphatic heterocycles. The van der Waals surface area contributed by atoms with E-state index in [1.165, 1.54) is 4.90 Å². The number of sulfonamides is 1. The molecule has 150 valence electrons. The summed E-state index contributed by atoms with van der Waals surface area (Å²) in [5.74, 6) is -2.70. The molecule has 2 amide bonds. The van der Waals surface area contributed by atoms with Crippen LogP contribution in [0.5, 0.6) is 0 Å². The molecule has 0 radical (unpaired) electrons. The Kier molecular flexibility index (Phi) is 7.57. The molecule has 6 nitrogen and oxygen atoms in total. The number of amides is 2. The molecule has 27 heavy (non-hydrogen) atoms. The van der Waals surface area contributed by atoms with Crippen LogP contribution in [0.25, 0.3) is 0 Å². The van der Waals surface area contributed by atoms with Crippen LogP contribution in [0.4, 0.5) is 4.39 Å². The highest BCUT2D eigenvalue weighted by atomic mass is 35.5. The molecular weight excluding hydrogens is 395 g/mol. The molecule has 0 atom stereocenters. The maximum absolute atomic E-state index is 14.4. The molecule has 0 spiro atoms. The fourth-order valence-electron chi connectivity index (χ4n) is 2.92. The Morgan fingerprint density at radius 2 is 1.85 bits per heavy atom. The minimum Gasteiger partial charge on any atom is -0.336 e. The lowest BCUT2D eigenvalue weighted by atomic mass is 9.86. The molecule has 1 aromatic carbocycles. The fraction of sp³-hybridized carbons (Fsp3) is 0.444. The van der Waals surface area contributed by atoms with Crippen molar-refractivity contribution in [2.75, 3.05) is 13.3 Å². The highest BCUT2D eigenvalue weighted by Crippen LogP contribution is 2.31. The van der Waals surface area contributed by atoms with E-state index in [1.807, 2.05) is 13.8 Å². The van der Waals surface area contributed by atoms with E-state index in [2.05, 4.69) is 6.58 Å². The van der Waals surface area contributed by atoms with Gasteiger partial charge in [0.2, 0.25) is 10.0 Å². The van der Waals surface area contributed by atoms with Crippen molar-refractivity contribution in [2.45, 2.75) is 38.6 Å².